The van der Waals surface area contributed by atoms with Crippen LogP contribution in [0.2, 0.25) is 0 Å². The van der Waals surface area contributed by atoms with Gasteiger partial charge in [-0.1, -0.05) is 24.3 Å². The van der Waals surface area contributed by atoms with Crippen molar-refractivity contribution < 1.29 is 19.5 Å². The molecule has 0 aromatic heterocycles. The molecule has 4 aliphatic heterocycles. The number of hydrogen-bond acceptors (Lipinski definition) is 5. The van der Waals surface area contributed by atoms with E-state index < -0.39 is 28.7 Å². The highest BCUT2D eigenvalue weighted by Gasteiger charge is 2.71. The van der Waals surface area contributed by atoms with Crippen LogP contribution in [0.5, 0.6) is 0 Å². The summed E-state index contributed by atoms with van der Waals surface area (Å²) in [6.07, 6.45) is 7.98. The van der Waals surface area contributed by atoms with Crippen molar-refractivity contribution in [3.05, 3.63) is 24.3 Å². The molecule has 1 N–H and O–H groups in total. The van der Waals surface area contributed by atoms with E-state index in [-0.39, 0.29) is 35.6 Å². The third kappa shape index (κ3) is 2.79. The number of amides is 3. The van der Waals surface area contributed by atoms with Crippen LogP contribution in [0.4, 0.5) is 0 Å². The lowest BCUT2D eigenvalue weighted by Crippen LogP contribution is -2.57. The number of aliphatic hydroxyl groups is 1. The predicted molar refractivity (Wildman–Crippen MR) is 111 cm³/mol. The molecule has 0 aromatic carbocycles. The van der Waals surface area contributed by atoms with Crippen LogP contribution < -0.4 is 0 Å². The Morgan fingerprint density at radius 2 is 1.86 bits per heavy atom. The van der Waals surface area contributed by atoms with Crippen molar-refractivity contribution in [1.29, 1.82) is 0 Å². The molecular formula is C21H29N3O4S. The van der Waals surface area contributed by atoms with Gasteiger partial charge in [0, 0.05) is 31.4 Å². The van der Waals surface area contributed by atoms with E-state index in [1.165, 1.54) is 0 Å². The van der Waals surface area contributed by atoms with Gasteiger partial charge in [0.1, 0.15) is 6.04 Å². The molecular weight excluding hydrogens is 390 g/mol. The summed E-state index contributed by atoms with van der Waals surface area (Å²) in [6, 6.07) is -1.22. The van der Waals surface area contributed by atoms with Gasteiger partial charge in [0.25, 0.3) is 0 Å². The van der Waals surface area contributed by atoms with Crippen LogP contribution in [-0.2, 0) is 14.4 Å². The topological polar surface area (TPSA) is 81.2 Å². The number of likely N-dealkylation sites (tertiary alicyclic amines) is 1. The summed E-state index contributed by atoms with van der Waals surface area (Å²) in [7, 11) is 1.75. The summed E-state index contributed by atoms with van der Waals surface area (Å²) in [5, 5.41) is 9.70. The minimum atomic E-state index is -0.797. The van der Waals surface area contributed by atoms with Crippen molar-refractivity contribution in [2.45, 2.75) is 48.9 Å². The van der Waals surface area contributed by atoms with Crippen LogP contribution in [-0.4, -0.2) is 92.4 Å². The Labute approximate surface area is 175 Å². The number of carbonyl (C=O) groups is 3. The zero-order valence-corrected chi connectivity index (χ0v) is 18.1. The molecule has 4 heterocycles. The first-order chi connectivity index (χ1) is 13.7. The molecule has 6 atom stereocenters. The van der Waals surface area contributed by atoms with E-state index in [0.717, 1.165) is 0 Å². The zero-order valence-electron chi connectivity index (χ0n) is 17.3. The van der Waals surface area contributed by atoms with Crippen LogP contribution in [0.1, 0.15) is 20.8 Å². The summed E-state index contributed by atoms with van der Waals surface area (Å²) in [6.45, 7) is 6.47. The molecule has 0 saturated carbocycles. The molecule has 0 radical (unpaired) electrons. The second kappa shape index (κ2) is 7.16. The normalized spacial score (nSPS) is 37.6. The smallest absolute Gasteiger partial charge is 0.247 e. The molecule has 4 rings (SSSR count). The van der Waals surface area contributed by atoms with Crippen molar-refractivity contribution in [3.8, 4) is 0 Å². The molecule has 1 spiro atoms. The van der Waals surface area contributed by atoms with Gasteiger partial charge in [0.05, 0.1) is 29.2 Å². The highest BCUT2D eigenvalue weighted by molar-refractivity contribution is 8.02. The van der Waals surface area contributed by atoms with Crippen molar-refractivity contribution in [2.75, 3.05) is 26.7 Å². The largest absolute Gasteiger partial charge is 0.394 e. The number of fused-ring (bicyclic) bond motifs is 2. The van der Waals surface area contributed by atoms with Crippen LogP contribution in [0, 0.1) is 11.8 Å². The number of rotatable bonds is 3. The van der Waals surface area contributed by atoms with Gasteiger partial charge in [0.15, 0.2) is 0 Å². The lowest BCUT2D eigenvalue weighted by Gasteiger charge is -2.38. The van der Waals surface area contributed by atoms with E-state index in [9.17, 15) is 19.5 Å². The Hall–Kier alpha value is -1.80. The number of likely N-dealkylation sites (N-methyl/N-ethyl adjacent to an activating group) is 1. The van der Waals surface area contributed by atoms with Gasteiger partial charge in [-0.25, -0.2) is 0 Å². The van der Waals surface area contributed by atoms with E-state index in [0.29, 0.717) is 13.1 Å². The Morgan fingerprint density at radius 3 is 2.52 bits per heavy atom. The van der Waals surface area contributed by atoms with Crippen molar-refractivity contribution in [2.24, 2.45) is 11.8 Å². The summed E-state index contributed by atoms with van der Waals surface area (Å²) < 4.78 is -0.797. The molecule has 0 aliphatic carbocycles. The van der Waals surface area contributed by atoms with Gasteiger partial charge in [-0.2, -0.15) is 0 Å². The Kier molecular flexibility index (Phi) is 5.06. The van der Waals surface area contributed by atoms with Crippen molar-refractivity contribution in [3.63, 3.8) is 0 Å². The molecule has 2 fully saturated rings. The maximum Gasteiger partial charge on any atom is 0.247 e. The first-order valence-electron chi connectivity index (χ1n) is 10.2. The van der Waals surface area contributed by atoms with Crippen LogP contribution in [0.15, 0.2) is 24.3 Å². The van der Waals surface area contributed by atoms with Gasteiger partial charge >= 0.3 is 0 Å². The average molecular weight is 420 g/mol. The van der Waals surface area contributed by atoms with Crippen LogP contribution in [0.3, 0.4) is 0 Å². The number of aliphatic hydroxyl groups excluding tert-OH is 1. The molecule has 1 unspecified atom stereocenters. The van der Waals surface area contributed by atoms with Crippen LogP contribution >= 0.6 is 11.8 Å². The number of carbonyl (C=O) groups excluding carboxylic acids is 3. The Balaban J connectivity index is 1.88. The summed E-state index contributed by atoms with van der Waals surface area (Å²) in [4.78, 5) is 45.6. The number of hydrogen-bond donors (Lipinski definition) is 1. The summed E-state index contributed by atoms with van der Waals surface area (Å²) in [5.74, 6) is -1.46. The van der Waals surface area contributed by atoms with Crippen molar-refractivity contribution >= 4 is 29.5 Å². The van der Waals surface area contributed by atoms with Gasteiger partial charge in [-0.3, -0.25) is 14.4 Å². The maximum atomic E-state index is 13.7. The van der Waals surface area contributed by atoms with E-state index in [1.54, 1.807) is 40.4 Å². The van der Waals surface area contributed by atoms with E-state index >= 15 is 0 Å². The van der Waals surface area contributed by atoms with Gasteiger partial charge in [0.2, 0.25) is 17.7 Å². The van der Waals surface area contributed by atoms with E-state index in [4.69, 9.17) is 0 Å². The standard InChI is InChI=1S/C21H29N3O4S/c1-12(2)23-10-6-8-21-16(15-14(29-21)7-5-9-22(4)18(15)26)19(27)24(13(3)11-25)17(21)20(23)28/h5-8,12-17,25H,9-11H2,1-4H3/t13-,14+,15-,16+,17?,21+/m1/s1. The highest BCUT2D eigenvalue weighted by Crippen LogP contribution is 2.61. The molecule has 8 heteroatoms. The molecule has 3 amide bonds. The second-order valence-corrected chi connectivity index (χ2v) is 10.2. The van der Waals surface area contributed by atoms with Crippen molar-refractivity contribution in [1.82, 2.24) is 14.7 Å². The fourth-order valence-electron chi connectivity index (χ4n) is 5.25. The molecule has 7 nitrogen and oxygen atoms in total. The van der Waals surface area contributed by atoms with E-state index in [2.05, 4.69) is 0 Å². The Bertz CT molecular complexity index is 797. The fourth-order valence-corrected chi connectivity index (χ4v) is 7.24. The third-order valence-corrected chi connectivity index (χ3v) is 8.44. The molecule has 0 bridgehead atoms. The quantitative estimate of drug-likeness (QED) is 0.674. The predicted octanol–water partition coefficient (Wildman–Crippen LogP) is 0.500. The molecule has 0 aromatic rings. The van der Waals surface area contributed by atoms with Gasteiger partial charge < -0.3 is 19.8 Å². The maximum absolute atomic E-state index is 13.7. The highest BCUT2D eigenvalue weighted by atomic mass is 32.2. The molecule has 29 heavy (non-hydrogen) atoms. The average Bonchev–Trinajstić information content (AvgIpc) is 3.01. The number of nitrogens with zero attached hydrogens (tertiary/aromatic N) is 3. The third-order valence-electron chi connectivity index (χ3n) is 6.69. The monoisotopic (exact) mass is 419 g/mol. The minimum absolute atomic E-state index is 0.00715. The lowest BCUT2D eigenvalue weighted by atomic mass is 9.78. The lowest BCUT2D eigenvalue weighted by molar-refractivity contribution is -0.146. The first kappa shape index (κ1) is 20.5. The SMILES string of the molecule is CC(C)N1CC=C[C@]23S[C@H]4C=CCN(C)C(=O)[C@H]4[C@H]2C(=O)N([C@H](C)CO)C3C1=O. The molecule has 158 valence electrons. The molecule has 2 saturated heterocycles. The van der Waals surface area contributed by atoms with Crippen LogP contribution in [0.25, 0.3) is 0 Å². The summed E-state index contributed by atoms with van der Waals surface area (Å²) in [5.41, 5.74) is 0. The zero-order chi connectivity index (χ0) is 21.1. The minimum Gasteiger partial charge on any atom is -0.394 e. The van der Waals surface area contributed by atoms with Gasteiger partial charge in [-0.05, 0) is 20.8 Å². The second-order valence-electron chi connectivity index (χ2n) is 8.75. The molecule has 4 aliphatic rings. The fraction of sp³-hybridized carbons (Fsp3) is 0.667. The number of thioether (sulfide) groups is 1. The first-order valence-corrected chi connectivity index (χ1v) is 11.1. The van der Waals surface area contributed by atoms with E-state index in [1.807, 2.05) is 38.2 Å². The Morgan fingerprint density at radius 1 is 1.14 bits per heavy atom. The summed E-state index contributed by atoms with van der Waals surface area (Å²) >= 11 is 1.57. The van der Waals surface area contributed by atoms with Gasteiger partial charge in [-0.15, -0.1) is 11.8 Å².